The first-order valence-electron chi connectivity index (χ1n) is 5.95. The van der Waals surface area contributed by atoms with Crippen LogP contribution in [0.25, 0.3) is 0 Å². The summed E-state index contributed by atoms with van der Waals surface area (Å²) < 4.78 is 0.661. The predicted molar refractivity (Wildman–Crippen MR) is 71.7 cm³/mol. The van der Waals surface area contributed by atoms with Gasteiger partial charge in [-0.15, -0.1) is 0 Å². The molecule has 4 nitrogen and oxygen atoms in total. The molecule has 0 fully saturated rings. The van der Waals surface area contributed by atoms with Gasteiger partial charge in [0, 0.05) is 5.92 Å². The Labute approximate surface area is 110 Å². The highest BCUT2D eigenvalue weighted by Gasteiger charge is 2.16. The molecule has 0 atom stereocenters. The minimum absolute atomic E-state index is 0.0466. The van der Waals surface area contributed by atoms with Gasteiger partial charge in [-0.25, -0.2) is 9.97 Å². The third kappa shape index (κ3) is 4.81. The number of halogens is 1. The third-order valence-corrected chi connectivity index (χ3v) is 2.93. The summed E-state index contributed by atoms with van der Waals surface area (Å²) in [6.07, 6.45) is 7.00. The topological polar surface area (TPSA) is 54.9 Å². The number of aromatic nitrogens is 2. The van der Waals surface area contributed by atoms with Gasteiger partial charge in [0.1, 0.15) is 4.60 Å². The number of hydrogen-bond donors (Lipinski definition) is 1. The zero-order chi connectivity index (χ0) is 12.7. The van der Waals surface area contributed by atoms with Crippen LogP contribution in [0.3, 0.4) is 0 Å². The summed E-state index contributed by atoms with van der Waals surface area (Å²) in [6.45, 7) is 4.19. The van der Waals surface area contributed by atoms with Crippen LogP contribution in [-0.4, -0.2) is 15.9 Å². The second kappa shape index (κ2) is 7.37. The Morgan fingerprint density at radius 2 is 1.94 bits per heavy atom. The standard InChI is InChI=1S/C12H18BrN3O/c1-3-5-9(6-4-2)12(17)16-11-8-14-10(13)7-15-11/h7-9H,3-6H2,1-2H3,(H,15,16,17). The highest BCUT2D eigenvalue weighted by molar-refractivity contribution is 9.10. The Morgan fingerprint density at radius 1 is 1.29 bits per heavy atom. The van der Waals surface area contributed by atoms with Gasteiger partial charge in [-0.2, -0.15) is 0 Å². The Hall–Kier alpha value is -0.970. The lowest BCUT2D eigenvalue weighted by Crippen LogP contribution is -2.23. The molecule has 1 heterocycles. The fourth-order valence-electron chi connectivity index (χ4n) is 1.71. The van der Waals surface area contributed by atoms with E-state index < -0.39 is 0 Å². The average Bonchev–Trinajstić information content (AvgIpc) is 2.32. The van der Waals surface area contributed by atoms with E-state index in [0.29, 0.717) is 10.4 Å². The lowest BCUT2D eigenvalue weighted by molar-refractivity contribution is -0.120. The molecule has 0 radical (unpaired) electrons. The maximum absolute atomic E-state index is 12.0. The van der Waals surface area contributed by atoms with Gasteiger partial charge in [-0.05, 0) is 28.8 Å². The lowest BCUT2D eigenvalue weighted by Gasteiger charge is -2.14. The SMILES string of the molecule is CCCC(CCC)C(=O)Nc1cnc(Br)cn1. The molecule has 1 N–H and O–H groups in total. The van der Waals surface area contributed by atoms with Crippen molar-refractivity contribution >= 4 is 27.7 Å². The monoisotopic (exact) mass is 299 g/mol. The predicted octanol–water partition coefficient (Wildman–Crippen LogP) is 3.39. The van der Waals surface area contributed by atoms with E-state index in [2.05, 4.69) is 45.1 Å². The molecule has 0 saturated carbocycles. The van der Waals surface area contributed by atoms with Gasteiger partial charge in [0.2, 0.25) is 5.91 Å². The summed E-state index contributed by atoms with van der Waals surface area (Å²) in [5, 5.41) is 2.81. The Kier molecular flexibility index (Phi) is 6.11. The first-order valence-corrected chi connectivity index (χ1v) is 6.75. The Balaban J connectivity index is 2.59. The van der Waals surface area contributed by atoms with Gasteiger partial charge in [0.15, 0.2) is 5.82 Å². The van der Waals surface area contributed by atoms with Crippen molar-refractivity contribution < 1.29 is 4.79 Å². The quantitative estimate of drug-likeness (QED) is 0.876. The molecule has 94 valence electrons. The van der Waals surface area contributed by atoms with Gasteiger partial charge in [-0.1, -0.05) is 26.7 Å². The third-order valence-electron chi connectivity index (χ3n) is 2.52. The van der Waals surface area contributed by atoms with E-state index in [1.54, 1.807) is 12.4 Å². The summed E-state index contributed by atoms with van der Waals surface area (Å²) in [7, 11) is 0. The van der Waals surface area contributed by atoms with Crippen LogP contribution in [0.15, 0.2) is 17.0 Å². The molecule has 0 aromatic carbocycles. The number of carbonyl (C=O) groups is 1. The zero-order valence-corrected chi connectivity index (χ0v) is 11.8. The summed E-state index contributed by atoms with van der Waals surface area (Å²) in [4.78, 5) is 20.1. The summed E-state index contributed by atoms with van der Waals surface area (Å²) in [5.74, 6) is 0.635. The molecule has 0 aliphatic heterocycles. The number of anilines is 1. The van der Waals surface area contributed by atoms with Crippen LogP contribution in [0, 0.1) is 5.92 Å². The van der Waals surface area contributed by atoms with Gasteiger partial charge in [0.05, 0.1) is 12.4 Å². The van der Waals surface area contributed by atoms with E-state index in [-0.39, 0.29) is 11.8 Å². The van der Waals surface area contributed by atoms with E-state index in [1.807, 2.05) is 0 Å². The minimum Gasteiger partial charge on any atom is -0.309 e. The number of carbonyl (C=O) groups excluding carboxylic acids is 1. The molecule has 0 saturated heterocycles. The van der Waals surface area contributed by atoms with Crippen molar-refractivity contribution in [1.82, 2.24) is 9.97 Å². The average molecular weight is 300 g/mol. The lowest BCUT2D eigenvalue weighted by atomic mass is 9.97. The van der Waals surface area contributed by atoms with Crippen LogP contribution in [0.2, 0.25) is 0 Å². The van der Waals surface area contributed by atoms with Crippen LogP contribution in [0.4, 0.5) is 5.82 Å². The van der Waals surface area contributed by atoms with E-state index in [0.717, 1.165) is 25.7 Å². The van der Waals surface area contributed by atoms with E-state index in [4.69, 9.17) is 0 Å². The second-order valence-electron chi connectivity index (χ2n) is 3.99. The number of rotatable bonds is 6. The van der Waals surface area contributed by atoms with Crippen molar-refractivity contribution in [3.8, 4) is 0 Å². The summed E-state index contributed by atoms with van der Waals surface area (Å²) in [6, 6.07) is 0. The molecule has 17 heavy (non-hydrogen) atoms. The summed E-state index contributed by atoms with van der Waals surface area (Å²) in [5.41, 5.74) is 0. The Bertz CT molecular complexity index is 347. The number of hydrogen-bond acceptors (Lipinski definition) is 3. The maximum atomic E-state index is 12.0. The van der Waals surface area contributed by atoms with Crippen molar-refractivity contribution in [3.63, 3.8) is 0 Å². The van der Waals surface area contributed by atoms with Crippen LogP contribution < -0.4 is 5.32 Å². The van der Waals surface area contributed by atoms with E-state index >= 15 is 0 Å². The fraction of sp³-hybridized carbons (Fsp3) is 0.583. The highest BCUT2D eigenvalue weighted by atomic mass is 79.9. The minimum atomic E-state index is 0.0466. The fourth-order valence-corrected chi connectivity index (χ4v) is 1.91. The molecular formula is C12H18BrN3O. The molecule has 5 heteroatoms. The number of amides is 1. The largest absolute Gasteiger partial charge is 0.309 e. The van der Waals surface area contributed by atoms with Crippen molar-refractivity contribution in [2.45, 2.75) is 39.5 Å². The van der Waals surface area contributed by atoms with Gasteiger partial charge in [-0.3, -0.25) is 4.79 Å². The molecular weight excluding hydrogens is 282 g/mol. The first-order chi connectivity index (χ1) is 8.17. The molecule has 1 amide bonds. The van der Waals surface area contributed by atoms with Crippen LogP contribution in [0.5, 0.6) is 0 Å². The van der Waals surface area contributed by atoms with Gasteiger partial charge < -0.3 is 5.32 Å². The van der Waals surface area contributed by atoms with Gasteiger partial charge >= 0.3 is 0 Å². The smallest absolute Gasteiger partial charge is 0.228 e. The van der Waals surface area contributed by atoms with Gasteiger partial charge in [0.25, 0.3) is 0 Å². The maximum Gasteiger partial charge on any atom is 0.228 e. The molecule has 0 spiro atoms. The highest BCUT2D eigenvalue weighted by Crippen LogP contribution is 2.16. The molecule has 1 aromatic rings. The van der Waals surface area contributed by atoms with Crippen molar-refractivity contribution in [1.29, 1.82) is 0 Å². The normalized spacial score (nSPS) is 10.6. The van der Waals surface area contributed by atoms with Crippen LogP contribution >= 0.6 is 15.9 Å². The second-order valence-corrected chi connectivity index (χ2v) is 4.80. The van der Waals surface area contributed by atoms with Crippen LogP contribution in [0.1, 0.15) is 39.5 Å². The molecule has 0 bridgehead atoms. The zero-order valence-electron chi connectivity index (χ0n) is 10.2. The number of nitrogens with zero attached hydrogens (tertiary/aromatic N) is 2. The van der Waals surface area contributed by atoms with E-state index in [1.165, 1.54) is 0 Å². The van der Waals surface area contributed by atoms with Crippen molar-refractivity contribution in [3.05, 3.63) is 17.0 Å². The van der Waals surface area contributed by atoms with E-state index in [9.17, 15) is 4.79 Å². The summed E-state index contributed by atoms with van der Waals surface area (Å²) >= 11 is 3.20. The first kappa shape index (κ1) is 14.1. The van der Waals surface area contributed by atoms with Crippen molar-refractivity contribution in [2.75, 3.05) is 5.32 Å². The van der Waals surface area contributed by atoms with Crippen molar-refractivity contribution in [2.24, 2.45) is 5.92 Å². The molecule has 1 rings (SSSR count). The number of nitrogens with one attached hydrogen (secondary N) is 1. The molecule has 0 unspecified atom stereocenters. The molecule has 0 aliphatic rings. The molecule has 0 aliphatic carbocycles. The Morgan fingerprint density at radius 3 is 2.41 bits per heavy atom. The van der Waals surface area contributed by atoms with Crippen LogP contribution in [-0.2, 0) is 4.79 Å². The molecule has 1 aromatic heterocycles.